The summed E-state index contributed by atoms with van der Waals surface area (Å²) in [4.78, 5) is 18.0. The van der Waals surface area contributed by atoms with E-state index < -0.39 is 0 Å². The molecule has 2 aliphatic rings. The Bertz CT molecular complexity index is 574. The van der Waals surface area contributed by atoms with Crippen LogP contribution in [0.3, 0.4) is 0 Å². The summed E-state index contributed by atoms with van der Waals surface area (Å²) in [5, 5.41) is 0. The molecular weight excluding hydrogens is 262 g/mol. The van der Waals surface area contributed by atoms with Crippen LogP contribution >= 0.6 is 0 Å². The molecule has 0 unspecified atom stereocenters. The van der Waals surface area contributed by atoms with Crippen LogP contribution in [0.15, 0.2) is 42.9 Å². The van der Waals surface area contributed by atoms with Gasteiger partial charge in [-0.05, 0) is 30.0 Å². The summed E-state index contributed by atoms with van der Waals surface area (Å²) in [7, 11) is 0. The van der Waals surface area contributed by atoms with Gasteiger partial charge in [0.1, 0.15) is 0 Å². The molecule has 0 aliphatic carbocycles. The van der Waals surface area contributed by atoms with Crippen LogP contribution in [0.4, 0.5) is 5.95 Å². The molecule has 2 saturated heterocycles. The van der Waals surface area contributed by atoms with Crippen molar-refractivity contribution in [2.45, 2.75) is 6.54 Å². The van der Waals surface area contributed by atoms with Crippen LogP contribution in [0.2, 0.25) is 0 Å². The van der Waals surface area contributed by atoms with E-state index in [4.69, 9.17) is 0 Å². The van der Waals surface area contributed by atoms with Gasteiger partial charge in [0.2, 0.25) is 5.95 Å². The molecule has 0 aromatic carbocycles. The Morgan fingerprint density at radius 2 is 1.57 bits per heavy atom. The van der Waals surface area contributed by atoms with Gasteiger partial charge in [-0.25, -0.2) is 9.97 Å². The number of rotatable bonds is 3. The fourth-order valence-electron chi connectivity index (χ4n) is 3.56. The van der Waals surface area contributed by atoms with Crippen molar-refractivity contribution in [3.63, 3.8) is 0 Å². The Morgan fingerprint density at radius 3 is 2.24 bits per heavy atom. The van der Waals surface area contributed by atoms with E-state index in [-0.39, 0.29) is 0 Å². The van der Waals surface area contributed by atoms with E-state index in [0.29, 0.717) is 0 Å². The van der Waals surface area contributed by atoms with Gasteiger partial charge in [0.05, 0.1) is 5.69 Å². The zero-order valence-corrected chi connectivity index (χ0v) is 12.0. The Balaban J connectivity index is 1.37. The first-order valence-corrected chi connectivity index (χ1v) is 7.53. The summed E-state index contributed by atoms with van der Waals surface area (Å²) >= 11 is 0. The van der Waals surface area contributed by atoms with Gasteiger partial charge in [0.15, 0.2) is 0 Å². The fraction of sp³-hybridized carbons (Fsp3) is 0.438. The van der Waals surface area contributed by atoms with Crippen molar-refractivity contribution in [3.05, 3.63) is 48.5 Å². The maximum Gasteiger partial charge on any atom is 0.225 e. The number of fused-ring (bicyclic) bond motifs is 1. The van der Waals surface area contributed by atoms with Gasteiger partial charge < -0.3 is 4.90 Å². The quantitative estimate of drug-likeness (QED) is 0.852. The van der Waals surface area contributed by atoms with Crippen LogP contribution < -0.4 is 4.90 Å². The van der Waals surface area contributed by atoms with Gasteiger partial charge in [-0.2, -0.15) is 0 Å². The third kappa shape index (κ3) is 2.61. The van der Waals surface area contributed by atoms with Crippen molar-refractivity contribution in [1.29, 1.82) is 0 Å². The molecule has 2 aromatic heterocycles. The number of anilines is 1. The second kappa shape index (κ2) is 5.41. The van der Waals surface area contributed by atoms with Crippen molar-refractivity contribution >= 4 is 5.95 Å². The maximum absolute atomic E-state index is 4.43. The van der Waals surface area contributed by atoms with Crippen LogP contribution in [0, 0.1) is 11.8 Å². The molecule has 4 heterocycles. The van der Waals surface area contributed by atoms with Gasteiger partial charge in [0, 0.05) is 51.3 Å². The van der Waals surface area contributed by atoms with Gasteiger partial charge in [0.25, 0.3) is 0 Å². The Morgan fingerprint density at radius 1 is 0.857 bits per heavy atom. The van der Waals surface area contributed by atoms with E-state index in [2.05, 4.69) is 36.9 Å². The normalized spacial score (nSPS) is 25.2. The minimum Gasteiger partial charge on any atom is -0.340 e. The molecule has 0 bridgehead atoms. The molecule has 0 saturated carbocycles. The molecule has 2 aromatic rings. The summed E-state index contributed by atoms with van der Waals surface area (Å²) in [5.74, 6) is 2.35. The highest BCUT2D eigenvalue weighted by Gasteiger charge is 2.40. The van der Waals surface area contributed by atoms with Crippen molar-refractivity contribution < 1.29 is 0 Å². The molecule has 5 heteroatoms. The average molecular weight is 281 g/mol. The van der Waals surface area contributed by atoms with Crippen LogP contribution in [-0.2, 0) is 6.54 Å². The molecule has 0 amide bonds. The lowest BCUT2D eigenvalue weighted by molar-refractivity contribution is 0.305. The van der Waals surface area contributed by atoms with Crippen molar-refractivity contribution in [2.75, 3.05) is 31.1 Å². The number of pyridine rings is 1. The summed E-state index contributed by atoms with van der Waals surface area (Å²) in [5.41, 5.74) is 1.17. The first kappa shape index (κ1) is 12.7. The van der Waals surface area contributed by atoms with Crippen LogP contribution in [0.5, 0.6) is 0 Å². The largest absolute Gasteiger partial charge is 0.340 e. The second-order valence-corrected chi connectivity index (χ2v) is 5.99. The van der Waals surface area contributed by atoms with E-state index in [1.165, 1.54) is 5.69 Å². The first-order valence-electron chi connectivity index (χ1n) is 7.53. The summed E-state index contributed by atoms with van der Waals surface area (Å²) in [6.07, 6.45) is 5.52. The molecule has 5 nitrogen and oxygen atoms in total. The predicted octanol–water partition coefficient (Wildman–Crippen LogP) is 1.44. The van der Waals surface area contributed by atoms with E-state index in [1.807, 2.05) is 30.7 Å². The third-order valence-corrected chi connectivity index (χ3v) is 4.51. The van der Waals surface area contributed by atoms with Crippen molar-refractivity contribution in [3.8, 4) is 0 Å². The van der Waals surface area contributed by atoms with Gasteiger partial charge in [-0.3, -0.25) is 9.88 Å². The first-order chi connectivity index (χ1) is 10.4. The molecule has 0 N–H and O–H groups in total. The number of likely N-dealkylation sites (tertiary alicyclic amines) is 1. The highest BCUT2D eigenvalue weighted by Crippen LogP contribution is 2.33. The van der Waals surface area contributed by atoms with E-state index in [0.717, 1.165) is 50.5 Å². The Kier molecular flexibility index (Phi) is 3.27. The van der Waals surface area contributed by atoms with Crippen LogP contribution in [-0.4, -0.2) is 46.0 Å². The third-order valence-electron chi connectivity index (χ3n) is 4.51. The van der Waals surface area contributed by atoms with Gasteiger partial charge >= 0.3 is 0 Å². The van der Waals surface area contributed by atoms with Crippen LogP contribution in [0.25, 0.3) is 0 Å². The van der Waals surface area contributed by atoms with Crippen LogP contribution in [0.1, 0.15) is 5.69 Å². The number of hydrogen-bond donors (Lipinski definition) is 0. The molecule has 2 aliphatic heterocycles. The second-order valence-electron chi connectivity index (χ2n) is 5.99. The zero-order chi connectivity index (χ0) is 14.1. The molecular formula is C16H19N5. The molecule has 108 valence electrons. The van der Waals surface area contributed by atoms with Gasteiger partial charge in [-0.15, -0.1) is 0 Å². The maximum atomic E-state index is 4.43. The highest BCUT2D eigenvalue weighted by molar-refractivity contribution is 5.31. The summed E-state index contributed by atoms with van der Waals surface area (Å²) in [6.45, 7) is 5.44. The Hall–Kier alpha value is -2.01. The number of hydrogen-bond acceptors (Lipinski definition) is 5. The lowest BCUT2D eigenvalue weighted by Crippen LogP contribution is -2.29. The minimum atomic E-state index is 0.734. The van der Waals surface area contributed by atoms with Gasteiger partial charge in [-0.1, -0.05) is 6.07 Å². The van der Waals surface area contributed by atoms with Crippen molar-refractivity contribution in [2.24, 2.45) is 11.8 Å². The highest BCUT2D eigenvalue weighted by atomic mass is 15.3. The predicted molar refractivity (Wildman–Crippen MR) is 80.7 cm³/mol. The lowest BCUT2D eigenvalue weighted by Gasteiger charge is -2.21. The summed E-state index contributed by atoms with van der Waals surface area (Å²) < 4.78 is 0. The number of aromatic nitrogens is 3. The molecule has 4 rings (SSSR count). The molecule has 2 fully saturated rings. The average Bonchev–Trinajstić information content (AvgIpc) is 3.07. The number of nitrogens with zero attached hydrogens (tertiary/aromatic N) is 5. The topological polar surface area (TPSA) is 45.2 Å². The SMILES string of the molecule is c1ccc(CN2C[C@@H]3CN(c4ncccn4)C[C@@H]3C2)nc1. The lowest BCUT2D eigenvalue weighted by atomic mass is 10.0. The zero-order valence-electron chi connectivity index (χ0n) is 12.0. The summed E-state index contributed by atoms with van der Waals surface area (Å²) in [6, 6.07) is 8.01. The van der Waals surface area contributed by atoms with E-state index in [9.17, 15) is 0 Å². The van der Waals surface area contributed by atoms with E-state index in [1.54, 1.807) is 0 Å². The smallest absolute Gasteiger partial charge is 0.225 e. The molecule has 0 radical (unpaired) electrons. The molecule has 21 heavy (non-hydrogen) atoms. The fourth-order valence-corrected chi connectivity index (χ4v) is 3.56. The standard InChI is InChI=1S/C16H19N5/c1-2-5-17-15(4-1)12-20-8-13-10-21(11-14(13)9-20)16-18-6-3-7-19-16/h1-7,13-14H,8-12H2/t13-,14+. The Labute approximate surface area is 124 Å². The molecule has 0 spiro atoms. The minimum absolute atomic E-state index is 0.734. The van der Waals surface area contributed by atoms with Crippen molar-refractivity contribution in [1.82, 2.24) is 19.9 Å². The van der Waals surface area contributed by atoms with E-state index >= 15 is 0 Å². The molecule has 2 atom stereocenters. The monoisotopic (exact) mass is 281 g/mol.